The number of carbonyl (C=O) groups excluding carboxylic acids is 1. The quantitative estimate of drug-likeness (QED) is 0.601. The van der Waals surface area contributed by atoms with Crippen molar-refractivity contribution in [1.29, 1.82) is 0 Å². The van der Waals surface area contributed by atoms with Gasteiger partial charge in [0.1, 0.15) is 15.6 Å². The van der Waals surface area contributed by atoms with Gasteiger partial charge >= 0.3 is 0 Å². The molecule has 88 valence electrons. The fourth-order valence-corrected chi connectivity index (χ4v) is 2.48. The molecule has 1 fully saturated rings. The minimum Gasteiger partial charge on any atom is -0.299 e. The van der Waals surface area contributed by atoms with E-state index in [4.69, 9.17) is 0 Å². The lowest BCUT2D eigenvalue weighted by Gasteiger charge is -2.01. The Balaban J connectivity index is 1.99. The molecule has 1 rings (SSSR count). The van der Waals surface area contributed by atoms with Crippen LogP contribution in [0.25, 0.3) is 0 Å². The summed E-state index contributed by atoms with van der Waals surface area (Å²) in [6, 6.07) is 0. The van der Waals surface area contributed by atoms with Crippen molar-refractivity contribution in [3.05, 3.63) is 0 Å². The Morgan fingerprint density at radius 1 is 1.20 bits per heavy atom. The van der Waals surface area contributed by atoms with Gasteiger partial charge in [-0.2, -0.15) is 0 Å². The molecule has 0 amide bonds. The minimum absolute atomic E-state index is 0.230. The summed E-state index contributed by atoms with van der Waals surface area (Å²) < 4.78 is 22.3. The van der Waals surface area contributed by atoms with Crippen molar-refractivity contribution >= 4 is 15.6 Å². The van der Waals surface area contributed by atoms with Crippen LogP contribution in [0.5, 0.6) is 0 Å². The van der Waals surface area contributed by atoms with Crippen molar-refractivity contribution in [3.8, 4) is 0 Å². The van der Waals surface area contributed by atoms with E-state index in [0.29, 0.717) is 24.5 Å². The summed E-state index contributed by atoms with van der Waals surface area (Å²) in [6.45, 7) is 1.67. The number of Topliss-reactive ketones (excluding diaryl/α,β-unsaturated/α-hetero) is 1. The Hall–Kier alpha value is -0.380. The third-order valence-corrected chi connectivity index (χ3v) is 4.64. The van der Waals surface area contributed by atoms with Crippen LogP contribution in [0.4, 0.5) is 0 Å². The molecule has 1 aliphatic rings. The molecule has 0 bridgehead atoms. The summed E-state index contributed by atoms with van der Waals surface area (Å²) in [4.78, 5) is 11.3. The molecule has 15 heavy (non-hydrogen) atoms. The summed E-state index contributed by atoms with van der Waals surface area (Å²) in [5, 5.41) is 0. The van der Waals surface area contributed by atoms with Crippen LogP contribution in [0.2, 0.25) is 0 Å². The number of rotatable bonds is 8. The summed E-state index contributed by atoms with van der Waals surface area (Å²) >= 11 is 0. The summed E-state index contributed by atoms with van der Waals surface area (Å²) in [5.74, 6) is 1.24. The van der Waals surface area contributed by atoms with Gasteiger partial charge in [0.25, 0.3) is 0 Å². The number of sulfone groups is 1. The molecule has 0 heterocycles. The van der Waals surface area contributed by atoms with Crippen LogP contribution in [0.1, 0.15) is 45.4 Å². The fourth-order valence-electron chi connectivity index (χ4n) is 1.55. The third kappa shape index (κ3) is 5.30. The van der Waals surface area contributed by atoms with Gasteiger partial charge in [-0.1, -0.05) is 13.3 Å². The standard InChI is InChI=1S/C11H20O3S/c1-2-15(13,14)9-5-3-4-6-11(12)10-7-8-10/h10H,2-9H2,1H3. The number of ketones is 1. The monoisotopic (exact) mass is 232 g/mol. The van der Waals surface area contributed by atoms with E-state index in [0.717, 1.165) is 25.7 Å². The zero-order chi connectivity index (χ0) is 11.3. The molecule has 0 saturated heterocycles. The van der Waals surface area contributed by atoms with E-state index in [-0.39, 0.29) is 11.5 Å². The first kappa shape index (κ1) is 12.7. The molecule has 4 heteroatoms. The van der Waals surface area contributed by atoms with Gasteiger partial charge in [-0.05, 0) is 25.7 Å². The fraction of sp³-hybridized carbons (Fsp3) is 0.909. The molecule has 0 aromatic carbocycles. The molecule has 1 saturated carbocycles. The Bertz CT molecular complexity index is 302. The molecule has 0 radical (unpaired) electrons. The van der Waals surface area contributed by atoms with E-state index in [2.05, 4.69) is 0 Å². The summed E-state index contributed by atoms with van der Waals surface area (Å²) in [7, 11) is -2.81. The molecule has 3 nitrogen and oxygen atoms in total. The van der Waals surface area contributed by atoms with Crippen LogP contribution in [0.3, 0.4) is 0 Å². The predicted octanol–water partition coefficient (Wildman–Crippen LogP) is 1.96. The summed E-state index contributed by atoms with van der Waals surface area (Å²) in [5.41, 5.74) is 0. The highest BCUT2D eigenvalue weighted by molar-refractivity contribution is 7.91. The van der Waals surface area contributed by atoms with E-state index in [1.165, 1.54) is 0 Å². The van der Waals surface area contributed by atoms with Crippen molar-refractivity contribution in [2.24, 2.45) is 5.92 Å². The molecule has 0 unspecified atom stereocenters. The van der Waals surface area contributed by atoms with Gasteiger partial charge in [0.2, 0.25) is 0 Å². The highest BCUT2D eigenvalue weighted by atomic mass is 32.2. The van der Waals surface area contributed by atoms with Crippen molar-refractivity contribution in [1.82, 2.24) is 0 Å². The highest BCUT2D eigenvalue weighted by Gasteiger charge is 2.28. The van der Waals surface area contributed by atoms with Gasteiger partial charge in [-0.15, -0.1) is 0 Å². The normalized spacial score (nSPS) is 16.6. The molecular formula is C11H20O3S. The average Bonchev–Trinajstić information content (AvgIpc) is 3.00. The Kier molecular flexibility index (Phi) is 4.77. The maximum Gasteiger partial charge on any atom is 0.150 e. The van der Waals surface area contributed by atoms with Gasteiger partial charge < -0.3 is 0 Å². The van der Waals surface area contributed by atoms with Crippen LogP contribution in [0.15, 0.2) is 0 Å². The lowest BCUT2D eigenvalue weighted by molar-refractivity contribution is -0.120. The van der Waals surface area contributed by atoms with Gasteiger partial charge in [-0.25, -0.2) is 8.42 Å². The smallest absolute Gasteiger partial charge is 0.150 e. The van der Waals surface area contributed by atoms with Gasteiger partial charge in [0, 0.05) is 18.1 Å². The Labute approximate surface area is 92.2 Å². The van der Waals surface area contributed by atoms with Crippen LogP contribution in [0, 0.1) is 5.92 Å². The SMILES string of the molecule is CCS(=O)(=O)CCCCCC(=O)C1CC1. The lowest BCUT2D eigenvalue weighted by atomic mass is 10.1. The van der Waals surface area contributed by atoms with Crippen LogP contribution < -0.4 is 0 Å². The van der Waals surface area contributed by atoms with Gasteiger partial charge in [0.05, 0.1) is 5.75 Å². The molecule has 0 aromatic heterocycles. The zero-order valence-electron chi connectivity index (χ0n) is 9.37. The molecule has 1 aliphatic carbocycles. The topological polar surface area (TPSA) is 51.2 Å². The first-order valence-electron chi connectivity index (χ1n) is 5.78. The van der Waals surface area contributed by atoms with Crippen molar-refractivity contribution in [2.75, 3.05) is 11.5 Å². The largest absolute Gasteiger partial charge is 0.299 e. The number of unbranched alkanes of at least 4 members (excludes halogenated alkanes) is 2. The molecular weight excluding hydrogens is 212 g/mol. The first-order valence-corrected chi connectivity index (χ1v) is 7.60. The molecule has 0 atom stereocenters. The lowest BCUT2D eigenvalue weighted by Crippen LogP contribution is -2.08. The molecule has 0 aliphatic heterocycles. The summed E-state index contributed by atoms with van der Waals surface area (Å²) in [6.07, 6.45) is 5.21. The van der Waals surface area contributed by atoms with Crippen LogP contribution >= 0.6 is 0 Å². The molecule has 0 spiro atoms. The molecule has 0 N–H and O–H groups in total. The van der Waals surface area contributed by atoms with Crippen molar-refractivity contribution in [2.45, 2.75) is 45.4 Å². The molecule has 0 aromatic rings. The van der Waals surface area contributed by atoms with Crippen LogP contribution in [-0.4, -0.2) is 25.7 Å². The predicted molar refractivity (Wildman–Crippen MR) is 60.5 cm³/mol. The van der Waals surface area contributed by atoms with Gasteiger partial charge in [-0.3, -0.25) is 4.79 Å². The van der Waals surface area contributed by atoms with Crippen LogP contribution in [-0.2, 0) is 14.6 Å². The van der Waals surface area contributed by atoms with E-state index >= 15 is 0 Å². The van der Waals surface area contributed by atoms with Gasteiger partial charge in [0.15, 0.2) is 0 Å². The second-order valence-electron chi connectivity index (χ2n) is 4.29. The Morgan fingerprint density at radius 3 is 2.40 bits per heavy atom. The van der Waals surface area contributed by atoms with E-state index in [9.17, 15) is 13.2 Å². The second-order valence-corrected chi connectivity index (χ2v) is 6.76. The first-order chi connectivity index (χ1) is 7.05. The average molecular weight is 232 g/mol. The van der Waals surface area contributed by atoms with Crippen molar-refractivity contribution in [3.63, 3.8) is 0 Å². The second kappa shape index (κ2) is 5.64. The zero-order valence-corrected chi connectivity index (χ0v) is 10.2. The maximum absolute atomic E-state index is 11.3. The maximum atomic E-state index is 11.3. The Morgan fingerprint density at radius 2 is 1.87 bits per heavy atom. The highest BCUT2D eigenvalue weighted by Crippen LogP contribution is 2.31. The van der Waals surface area contributed by atoms with E-state index in [1.807, 2.05) is 0 Å². The van der Waals surface area contributed by atoms with E-state index < -0.39 is 9.84 Å². The van der Waals surface area contributed by atoms with E-state index in [1.54, 1.807) is 6.92 Å². The minimum atomic E-state index is -2.81. The number of carbonyl (C=O) groups is 1. The van der Waals surface area contributed by atoms with Crippen molar-refractivity contribution < 1.29 is 13.2 Å². The third-order valence-electron chi connectivity index (χ3n) is 2.85. The number of hydrogen-bond acceptors (Lipinski definition) is 3. The number of hydrogen-bond donors (Lipinski definition) is 0.